The Morgan fingerprint density at radius 3 is 2.94 bits per heavy atom. The minimum absolute atomic E-state index is 0.0439. The van der Waals surface area contributed by atoms with E-state index in [2.05, 4.69) is 5.32 Å². The van der Waals surface area contributed by atoms with Crippen molar-refractivity contribution in [3.05, 3.63) is 54.0 Å². The number of ketones is 1. The number of para-hydroxylation sites is 1. The van der Waals surface area contributed by atoms with Crippen molar-refractivity contribution in [2.45, 2.75) is 5.92 Å². The first kappa shape index (κ1) is 9.21. The van der Waals surface area contributed by atoms with Crippen LogP contribution in [0.5, 0.6) is 0 Å². The third kappa shape index (κ3) is 1.33. The van der Waals surface area contributed by atoms with E-state index in [9.17, 15) is 4.79 Å². The Labute approximate surface area is 93.1 Å². The van der Waals surface area contributed by atoms with E-state index in [1.165, 1.54) is 6.26 Å². The lowest BCUT2D eigenvalue weighted by atomic mass is 9.95. The summed E-state index contributed by atoms with van der Waals surface area (Å²) in [4.78, 5) is 12.1. The van der Waals surface area contributed by atoms with Gasteiger partial charge < -0.3 is 9.73 Å². The predicted molar refractivity (Wildman–Crippen MR) is 60.7 cm³/mol. The van der Waals surface area contributed by atoms with Gasteiger partial charge in [-0.2, -0.15) is 0 Å². The third-order valence-electron chi connectivity index (χ3n) is 2.91. The number of carbonyl (C=O) groups excluding carboxylic acids is 1. The van der Waals surface area contributed by atoms with Crippen molar-refractivity contribution in [2.24, 2.45) is 0 Å². The average Bonchev–Trinajstić information content (AvgIpc) is 2.98. The Morgan fingerprint density at radius 2 is 2.12 bits per heavy atom. The first-order valence-corrected chi connectivity index (χ1v) is 5.27. The Bertz CT molecular complexity index is 516. The lowest BCUT2D eigenvalue weighted by Gasteiger charge is -2.06. The molecule has 80 valence electrons. The maximum atomic E-state index is 12.1. The molecule has 0 spiro atoms. The highest BCUT2D eigenvalue weighted by Gasteiger charge is 2.30. The zero-order valence-corrected chi connectivity index (χ0v) is 8.64. The normalized spacial score (nSPS) is 17.9. The summed E-state index contributed by atoms with van der Waals surface area (Å²) in [7, 11) is 0. The van der Waals surface area contributed by atoms with Crippen molar-refractivity contribution in [2.75, 3.05) is 11.9 Å². The number of hydrogen-bond acceptors (Lipinski definition) is 3. The summed E-state index contributed by atoms with van der Waals surface area (Å²) < 4.78 is 5.15. The highest BCUT2D eigenvalue weighted by molar-refractivity contribution is 6.00. The summed E-state index contributed by atoms with van der Waals surface area (Å²) in [6, 6.07) is 11.3. The fourth-order valence-corrected chi connectivity index (χ4v) is 2.11. The number of fused-ring (bicyclic) bond motifs is 1. The molecule has 0 saturated carbocycles. The predicted octanol–water partition coefficient (Wildman–Crippen LogP) is 2.67. The fraction of sp³-hybridized carbons (Fsp3) is 0.154. The van der Waals surface area contributed by atoms with Gasteiger partial charge >= 0.3 is 0 Å². The van der Waals surface area contributed by atoms with Gasteiger partial charge in [0.15, 0.2) is 5.76 Å². The summed E-state index contributed by atoms with van der Waals surface area (Å²) >= 11 is 0. The van der Waals surface area contributed by atoms with Crippen LogP contribution in [0.3, 0.4) is 0 Å². The second-order valence-corrected chi connectivity index (χ2v) is 3.86. The molecule has 0 aliphatic carbocycles. The number of nitrogens with one attached hydrogen (secondary N) is 1. The molecular formula is C13H11NO2. The van der Waals surface area contributed by atoms with Crippen LogP contribution in [0.2, 0.25) is 0 Å². The molecule has 0 bridgehead atoms. The van der Waals surface area contributed by atoms with Crippen LogP contribution in [-0.4, -0.2) is 12.3 Å². The molecule has 0 amide bonds. The molecule has 16 heavy (non-hydrogen) atoms. The summed E-state index contributed by atoms with van der Waals surface area (Å²) in [5.41, 5.74) is 2.11. The molecule has 1 atom stereocenters. The van der Waals surface area contributed by atoms with Gasteiger partial charge in [0.25, 0.3) is 0 Å². The lowest BCUT2D eigenvalue weighted by molar-refractivity contribution is 0.0939. The van der Waals surface area contributed by atoms with Gasteiger partial charge in [-0.05, 0) is 23.8 Å². The maximum Gasteiger partial charge on any atom is 0.207 e. The molecule has 3 nitrogen and oxygen atoms in total. The zero-order chi connectivity index (χ0) is 11.0. The monoisotopic (exact) mass is 213 g/mol. The second kappa shape index (κ2) is 3.52. The maximum absolute atomic E-state index is 12.1. The molecule has 1 N–H and O–H groups in total. The van der Waals surface area contributed by atoms with Gasteiger partial charge in [-0.3, -0.25) is 4.79 Å². The van der Waals surface area contributed by atoms with Gasteiger partial charge in [0, 0.05) is 12.2 Å². The summed E-state index contributed by atoms with van der Waals surface area (Å²) in [5.74, 6) is 0.355. The van der Waals surface area contributed by atoms with E-state index in [1.54, 1.807) is 12.1 Å². The van der Waals surface area contributed by atoms with E-state index >= 15 is 0 Å². The average molecular weight is 213 g/mol. The van der Waals surface area contributed by atoms with Crippen molar-refractivity contribution in [1.29, 1.82) is 0 Å². The van der Waals surface area contributed by atoms with Crippen molar-refractivity contribution < 1.29 is 9.21 Å². The van der Waals surface area contributed by atoms with Gasteiger partial charge in [-0.1, -0.05) is 18.2 Å². The van der Waals surface area contributed by atoms with E-state index in [4.69, 9.17) is 4.42 Å². The number of benzene rings is 1. The van der Waals surface area contributed by atoms with Crippen LogP contribution < -0.4 is 5.32 Å². The molecule has 1 aliphatic rings. The first-order chi connectivity index (χ1) is 7.86. The van der Waals surface area contributed by atoms with E-state index in [0.29, 0.717) is 12.3 Å². The van der Waals surface area contributed by atoms with E-state index in [0.717, 1.165) is 11.3 Å². The molecule has 0 saturated heterocycles. The van der Waals surface area contributed by atoms with Crippen LogP contribution in [0.4, 0.5) is 5.69 Å². The number of anilines is 1. The number of furan rings is 1. The van der Waals surface area contributed by atoms with Gasteiger partial charge in [-0.25, -0.2) is 0 Å². The Morgan fingerprint density at radius 1 is 1.25 bits per heavy atom. The molecule has 1 aromatic heterocycles. The third-order valence-corrected chi connectivity index (χ3v) is 2.91. The van der Waals surface area contributed by atoms with Crippen molar-refractivity contribution >= 4 is 11.5 Å². The molecule has 2 heterocycles. The second-order valence-electron chi connectivity index (χ2n) is 3.86. The number of rotatable bonds is 2. The highest BCUT2D eigenvalue weighted by Crippen LogP contribution is 2.33. The topological polar surface area (TPSA) is 42.2 Å². The van der Waals surface area contributed by atoms with Crippen LogP contribution in [0, 0.1) is 0 Å². The van der Waals surface area contributed by atoms with Crippen LogP contribution in [-0.2, 0) is 0 Å². The molecule has 0 radical (unpaired) electrons. The molecule has 1 aliphatic heterocycles. The van der Waals surface area contributed by atoms with Crippen LogP contribution in [0.1, 0.15) is 22.0 Å². The standard InChI is InChI=1S/C13H11NO2/c15-13(12-6-3-7-16-12)10-8-14-11-5-2-1-4-9(10)11/h1-7,10,14H,8H2. The van der Waals surface area contributed by atoms with Crippen LogP contribution in [0.15, 0.2) is 47.1 Å². The van der Waals surface area contributed by atoms with Crippen molar-refractivity contribution in [1.82, 2.24) is 0 Å². The van der Waals surface area contributed by atoms with Crippen molar-refractivity contribution in [3.8, 4) is 0 Å². The Kier molecular flexibility index (Phi) is 2.03. The van der Waals surface area contributed by atoms with Crippen LogP contribution in [0.25, 0.3) is 0 Å². The van der Waals surface area contributed by atoms with E-state index < -0.39 is 0 Å². The highest BCUT2D eigenvalue weighted by atomic mass is 16.3. The van der Waals surface area contributed by atoms with Gasteiger partial charge in [-0.15, -0.1) is 0 Å². The SMILES string of the molecule is O=C(c1ccco1)C1CNc2ccccc21. The van der Waals surface area contributed by atoms with E-state index in [-0.39, 0.29) is 11.7 Å². The zero-order valence-electron chi connectivity index (χ0n) is 8.64. The summed E-state index contributed by atoms with van der Waals surface area (Å²) in [6.07, 6.45) is 1.53. The molecule has 0 fully saturated rings. The molecule has 1 unspecified atom stereocenters. The van der Waals surface area contributed by atoms with Gasteiger partial charge in [0.1, 0.15) is 0 Å². The fourth-order valence-electron chi connectivity index (χ4n) is 2.11. The summed E-state index contributed by atoms with van der Waals surface area (Å²) in [5, 5.41) is 3.23. The molecule has 1 aromatic carbocycles. The number of hydrogen-bond donors (Lipinski definition) is 1. The quantitative estimate of drug-likeness (QED) is 0.780. The van der Waals surface area contributed by atoms with E-state index in [1.807, 2.05) is 24.3 Å². The minimum atomic E-state index is -0.123. The minimum Gasteiger partial charge on any atom is -0.461 e. The molecule has 3 heteroatoms. The van der Waals surface area contributed by atoms with Gasteiger partial charge in [0.05, 0.1) is 12.2 Å². The number of Topliss-reactive ketones (excluding diaryl/α,β-unsaturated/α-hetero) is 1. The Hall–Kier alpha value is -2.03. The number of carbonyl (C=O) groups is 1. The first-order valence-electron chi connectivity index (χ1n) is 5.27. The molecule has 3 rings (SSSR count). The summed E-state index contributed by atoms with van der Waals surface area (Å²) in [6.45, 7) is 0.652. The largest absolute Gasteiger partial charge is 0.461 e. The van der Waals surface area contributed by atoms with Crippen LogP contribution >= 0.6 is 0 Å². The lowest BCUT2D eigenvalue weighted by Crippen LogP contribution is -2.14. The smallest absolute Gasteiger partial charge is 0.207 e. The van der Waals surface area contributed by atoms with Crippen molar-refractivity contribution in [3.63, 3.8) is 0 Å². The molecule has 2 aromatic rings. The van der Waals surface area contributed by atoms with Gasteiger partial charge in [0.2, 0.25) is 5.78 Å². The Balaban J connectivity index is 1.96. The molecular weight excluding hydrogens is 202 g/mol.